The molecular formula is C56H62N2O15S2. The van der Waals surface area contributed by atoms with Crippen LogP contribution < -0.4 is 4.74 Å². The summed E-state index contributed by atoms with van der Waals surface area (Å²) < 4.78 is 46.0. The van der Waals surface area contributed by atoms with Crippen molar-refractivity contribution in [3.63, 3.8) is 0 Å². The highest BCUT2D eigenvalue weighted by Gasteiger charge is 2.40. The number of rotatable bonds is 18. The SMILES string of the molecule is C=CC(=O)OCOC1CCC(OC(=O)C2CCC(C(=O)OCCc3c4c(c(OC(=O)C5CCC(C(=O)OC6CCC(OCOC(=O)C=C)CC6)CC5)c5ccccc35)S/C(=C3/N=C5C=CC=CN5C3=O)S4)CC2)CC1. The van der Waals surface area contributed by atoms with E-state index in [-0.39, 0.29) is 91.9 Å². The summed E-state index contributed by atoms with van der Waals surface area (Å²) in [5.74, 6) is -3.10. The standard InChI is InChI=1S/C56H62N2O15S2/c1-3-45(59)69-31-67-37-20-24-39(25-21-37)71-53(63)34-14-12-33(13-15-34)52(62)66-30-28-43-41-9-5-6-10-42(41)48(50-49(43)74-56(75-50)47-51(61)58-29-8-7-11-44(58)57-47)73-55(65)36-18-16-35(17-19-36)54(64)72-40-26-22-38(23-27-40)68-32-70-46(60)4-2/h3-11,29,33-40H,1-2,12-28,30-32H2/b56-47+. The Morgan fingerprint density at radius 1 is 0.600 bits per heavy atom. The first kappa shape index (κ1) is 53.8. The minimum absolute atomic E-state index is 0.0772. The average Bonchev–Trinajstić information content (AvgIpc) is 4.04. The van der Waals surface area contributed by atoms with Crippen molar-refractivity contribution in [1.29, 1.82) is 0 Å². The third-order valence-corrected chi connectivity index (χ3v) is 17.6. The molecule has 0 unspecified atom stereocenters. The van der Waals surface area contributed by atoms with Gasteiger partial charge in [-0.2, -0.15) is 0 Å². The molecule has 0 bridgehead atoms. The van der Waals surface area contributed by atoms with E-state index in [0.717, 1.165) is 28.0 Å². The fourth-order valence-corrected chi connectivity index (χ4v) is 13.5. The predicted octanol–water partition coefficient (Wildman–Crippen LogP) is 9.25. The lowest BCUT2D eigenvalue weighted by Crippen LogP contribution is -2.33. The predicted molar refractivity (Wildman–Crippen MR) is 275 cm³/mol. The first-order valence-electron chi connectivity index (χ1n) is 26.0. The van der Waals surface area contributed by atoms with Crippen LogP contribution in [0, 0.1) is 23.7 Å². The summed E-state index contributed by atoms with van der Waals surface area (Å²) in [6.07, 6.45) is 18.2. The zero-order chi connectivity index (χ0) is 52.4. The van der Waals surface area contributed by atoms with Crippen molar-refractivity contribution >= 4 is 81.9 Å². The molecule has 0 aromatic heterocycles. The third-order valence-electron chi connectivity index (χ3n) is 15.0. The first-order valence-corrected chi connectivity index (χ1v) is 27.6. The number of carbonyl (C=O) groups is 7. The van der Waals surface area contributed by atoms with E-state index in [2.05, 4.69) is 13.2 Å². The van der Waals surface area contributed by atoms with Gasteiger partial charge in [-0.05, 0) is 126 Å². The van der Waals surface area contributed by atoms with E-state index >= 15 is 0 Å². The zero-order valence-electron chi connectivity index (χ0n) is 41.8. The molecule has 0 N–H and O–H groups in total. The number of esters is 6. The number of aliphatic imine (C=N–C) groups is 1. The lowest BCUT2D eigenvalue weighted by Gasteiger charge is -2.31. The van der Waals surface area contributed by atoms with Crippen molar-refractivity contribution in [3.05, 3.63) is 89.5 Å². The quantitative estimate of drug-likeness (QED) is 0.0448. The summed E-state index contributed by atoms with van der Waals surface area (Å²) in [7, 11) is 0. The number of nitrogens with zero attached hydrogens (tertiary/aromatic N) is 2. The van der Waals surface area contributed by atoms with E-state index in [4.69, 9.17) is 42.9 Å². The van der Waals surface area contributed by atoms with Crippen molar-refractivity contribution in [2.45, 2.75) is 143 Å². The fraction of sp³-hybridized carbons (Fsp3) is 0.500. The van der Waals surface area contributed by atoms with Gasteiger partial charge >= 0.3 is 35.8 Å². The molecule has 0 radical (unpaired) electrons. The van der Waals surface area contributed by atoms with Crippen molar-refractivity contribution in [2.75, 3.05) is 20.2 Å². The minimum Gasteiger partial charge on any atom is -0.465 e. The van der Waals surface area contributed by atoms with Gasteiger partial charge in [0.2, 0.25) is 0 Å². The molecule has 398 valence electrons. The highest BCUT2D eigenvalue weighted by Crippen LogP contribution is 2.60. The van der Waals surface area contributed by atoms with Crippen LogP contribution in [0.3, 0.4) is 0 Å². The molecule has 7 aliphatic rings. The summed E-state index contributed by atoms with van der Waals surface area (Å²) in [5.41, 5.74) is 1.17. The van der Waals surface area contributed by atoms with Gasteiger partial charge in [-0.25, -0.2) is 14.6 Å². The number of thioether (sulfide) groups is 2. The van der Waals surface area contributed by atoms with E-state index in [1.54, 1.807) is 18.4 Å². The van der Waals surface area contributed by atoms with Crippen molar-refractivity contribution in [1.82, 2.24) is 4.90 Å². The van der Waals surface area contributed by atoms with Gasteiger partial charge in [-0.15, -0.1) is 0 Å². The summed E-state index contributed by atoms with van der Waals surface area (Å²) in [6.45, 7) is 6.54. The molecule has 75 heavy (non-hydrogen) atoms. The molecule has 4 saturated carbocycles. The van der Waals surface area contributed by atoms with Crippen LogP contribution >= 0.6 is 23.5 Å². The smallest absolute Gasteiger partial charge is 0.332 e. The summed E-state index contributed by atoms with van der Waals surface area (Å²) >= 11 is 2.73. The van der Waals surface area contributed by atoms with E-state index in [1.165, 1.54) is 28.4 Å². The molecule has 19 heteroatoms. The van der Waals surface area contributed by atoms with Crippen LogP contribution in [0.25, 0.3) is 10.8 Å². The molecule has 0 saturated heterocycles. The van der Waals surface area contributed by atoms with Crippen molar-refractivity contribution in [3.8, 4) is 5.75 Å². The van der Waals surface area contributed by atoms with Gasteiger partial charge in [-0.1, -0.05) is 67.0 Å². The molecule has 4 aliphatic carbocycles. The molecule has 2 aromatic rings. The molecule has 0 spiro atoms. The van der Waals surface area contributed by atoms with Gasteiger partial charge in [0.1, 0.15) is 18.0 Å². The number of hydrogen-bond acceptors (Lipinski definition) is 18. The Balaban J connectivity index is 0.808. The van der Waals surface area contributed by atoms with Crippen LogP contribution in [0.4, 0.5) is 0 Å². The van der Waals surface area contributed by atoms with Crippen molar-refractivity contribution in [2.24, 2.45) is 28.7 Å². The number of benzene rings is 2. The van der Waals surface area contributed by atoms with E-state index in [1.807, 2.05) is 30.3 Å². The maximum atomic E-state index is 14.2. The number of amides is 1. The van der Waals surface area contributed by atoms with Crippen LogP contribution in [-0.2, 0) is 73.1 Å². The van der Waals surface area contributed by atoms with Gasteiger partial charge < -0.3 is 37.9 Å². The topological polar surface area (TPSA) is 209 Å². The van der Waals surface area contributed by atoms with E-state index in [0.29, 0.717) is 135 Å². The van der Waals surface area contributed by atoms with Crippen molar-refractivity contribution < 1.29 is 71.5 Å². The zero-order valence-corrected chi connectivity index (χ0v) is 43.4. The number of ether oxygens (including phenoxy) is 8. The largest absolute Gasteiger partial charge is 0.465 e. The number of allylic oxidation sites excluding steroid dienone is 2. The number of carbonyl (C=O) groups excluding carboxylic acids is 7. The second-order valence-electron chi connectivity index (χ2n) is 19.7. The number of fused-ring (bicyclic) bond motifs is 3. The molecule has 4 fully saturated rings. The lowest BCUT2D eigenvalue weighted by atomic mass is 9.82. The molecule has 0 atom stereocenters. The van der Waals surface area contributed by atoms with Crippen LogP contribution in [-0.4, -0.2) is 97.1 Å². The molecule has 3 heterocycles. The average molecular weight is 1070 g/mol. The molecule has 3 aliphatic heterocycles. The Bertz CT molecular complexity index is 2680. The first-order chi connectivity index (χ1) is 36.5. The highest BCUT2D eigenvalue weighted by molar-refractivity contribution is 8.24. The second-order valence-corrected chi connectivity index (χ2v) is 22.0. The van der Waals surface area contributed by atoms with Crippen LogP contribution in [0.2, 0.25) is 0 Å². The molecule has 9 rings (SSSR count). The lowest BCUT2D eigenvalue weighted by molar-refractivity contribution is -0.165. The monoisotopic (exact) mass is 1070 g/mol. The Kier molecular flexibility index (Phi) is 18.1. The Morgan fingerprint density at radius 2 is 1.09 bits per heavy atom. The number of hydrogen-bond donors (Lipinski definition) is 0. The Labute approximate surface area is 443 Å². The maximum Gasteiger partial charge on any atom is 0.332 e. The molecule has 17 nitrogen and oxygen atoms in total. The van der Waals surface area contributed by atoms with Gasteiger partial charge in [0, 0.05) is 35.1 Å². The summed E-state index contributed by atoms with van der Waals surface area (Å²) in [6, 6.07) is 7.64. The maximum absolute atomic E-state index is 14.2. The van der Waals surface area contributed by atoms with Gasteiger partial charge in [0.25, 0.3) is 5.91 Å². The fourth-order valence-electron chi connectivity index (χ4n) is 10.7. The van der Waals surface area contributed by atoms with E-state index in [9.17, 15) is 33.6 Å². The van der Waals surface area contributed by atoms with Crippen LogP contribution in [0.15, 0.2) is 98.7 Å². The normalized spacial score (nSPS) is 27.1. The second kappa shape index (κ2) is 25.2. The van der Waals surface area contributed by atoms with Crippen LogP contribution in [0.1, 0.15) is 108 Å². The molecule has 1 amide bonds. The Hall–Kier alpha value is -6.02. The molecule has 2 aromatic carbocycles. The van der Waals surface area contributed by atoms with Gasteiger partial charge in [0.15, 0.2) is 25.0 Å². The molecular weight excluding hydrogens is 1000 g/mol. The summed E-state index contributed by atoms with van der Waals surface area (Å²) in [5, 5.41) is 1.52. The minimum atomic E-state index is -0.547. The Morgan fingerprint density at radius 3 is 1.63 bits per heavy atom. The van der Waals surface area contributed by atoms with Gasteiger partial charge in [-0.3, -0.25) is 28.9 Å². The highest BCUT2D eigenvalue weighted by atomic mass is 32.2. The third kappa shape index (κ3) is 13.2. The summed E-state index contributed by atoms with van der Waals surface area (Å²) in [4.78, 5) is 98.3. The van der Waals surface area contributed by atoms with E-state index < -0.39 is 23.8 Å². The van der Waals surface area contributed by atoms with Gasteiger partial charge in [0.05, 0.1) is 51.6 Å². The number of amidine groups is 1. The van der Waals surface area contributed by atoms with Crippen LogP contribution in [0.5, 0.6) is 5.75 Å².